The molecule has 0 radical (unpaired) electrons. The van der Waals surface area contributed by atoms with E-state index in [1.807, 2.05) is 30.0 Å². The molecule has 29 heavy (non-hydrogen) atoms. The molecule has 2 saturated heterocycles. The molecule has 0 bridgehead atoms. The minimum Gasteiger partial charge on any atom is -0.388 e. The van der Waals surface area contributed by atoms with Crippen LogP contribution in [0.2, 0.25) is 0 Å². The van der Waals surface area contributed by atoms with Gasteiger partial charge in [0.2, 0.25) is 5.91 Å². The van der Waals surface area contributed by atoms with Crippen LogP contribution in [-0.4, -0.2) is 58.8 Å². The number of likely N-dealkylation sites (tertiary alicyclic amines) is 1. The van der Waals surface area contributed by atoms with E-state index in [1.54, 1.807) is 12.1 Å². The Kier molecular flexibility index (Phi) is 5.49. The van der Waals surface area contributed by atoms with Crippen molar-refractivity contribution in [2.45, 2.75) is 56.3 Å². The van der Waals surface area contributed by atoms with Gasteiger partial charge in [0.25, 0.3) is 5.91 Å². The van der Waals surface area contributed by atoms with E-state index in [9.17, 15) is 14.7 Å². The lowest BCUT2D eigenvalue weighted by atomic mass is 9.74. The van der Waals surface area contributed by atoms with Crippen molar-refractivity contribution >= 4 is 11.8 Å². The van der Waals surface area contributed by atoms with Crippen LogP contribution in [0.1, 0.15) is 49.4 Å². The molecular formula is C23H30N2O4. The second kappa shape index (κ2) is 7.92. The minimum absolute atomic E-state index is 0.0913. The summed E-state index contributed by atoms with van der Waals surface area (Å²) >= 11 is 0. The van der Waals surface area contributed by atoms with Gasteiger partial charge in [-0.05, 0) is 44.7 Å². The van der Waals surface area contributed by atoms with Gasteiger partial charge in [-0.3, -0.25) is 9.59 Å². The van der Waals surface area contributed by atoms with E-state index in [1.165, 1.54) is 0 Å². The number of nitrogens with zero attached hydrogens (tertiary/aromatic N) is 1. The second-order valence-corrected chi connectivity index (χ2v) is 8.89. The molecular weight excluding hydrogens is 368 g/mol. The molecule has 0 unspecified atom stereocenters. The Morgan fingerprint density at radius 1 is 1.14 bits per heavy atom. The first-order valence-corrected chi connectivity index (χ1v) is 10.5. The summed E-state index contributed by atoms with van der Waals surface area (Å²) in [6, 6.07) is 9.05. The molecule has 1 aliphatic carbocycles. The summed E-state index contributed by atoms with van der Waals surface area (Å²) in [6.07, 6.45) is 7.06. The van der Waals surface area contributed by atoms with Crippen molar-refractivity contribution in [3.63, 3.8) is 0 Å². The van der Waals surface area contributed by atoms with Gasteiger partial charge >= 0.3 is 0 Å². The van der Waals surface area contributed by atoms with Crippen molar-refractivity contribution in [3.8, 4) is 0 Å². The van der Waals surface area contributed by atoms with Crippen LogP contribution in [0.25, 0.3) is 0 Å². The number of carbonyl (C=O) groups excluding carboxylic acids is 2. The van der Waals surface area contributed by atoms with Gasteiger partial charge in [0.1, 0.15) is 6.10 Å². The van der Waals surface area contributed by atoms with Crippen molar-refractivity contribution < 1.29 is 19.4 Å². The Morgan fingerprint density at radius 3 is 2.45 bits per heavy atom. The van der Waals surface area contributed by atoms with E-state index in [2.05, 4.69) is 17.5 Å². The lowest BCUT2D eigenvalue weighted by Crippen LogP contribution is -2.66. The van der Waals surface area contributed by atoms with Crippen LogP contribution in [-0.2, 0) is 9.53 Å². The molecule has 2 aliphatic heterocycles. The van der Waals surface area contributed by atoms with E-state index < -0.39 is 17.2 Å². The van der Waals surface area contributed by atoms with Crippen molar-refractivity contribution in [2.24, 2.45) is 5.92 Å². The monoisotopic (exact) mass is 398 g/mol. The molecule has 6 heteroatoms. The summed E-state index contributed by atoms with van der Waals surface area (Å²) in [4.78, 5) is 27.4. The predicted molar refractivity (Wildman–Crippen MR) is 109 cm³/mol. The number of aliphatic hydroxyl groups excluding tert-OH is 1. The number of benzene rings is 1. The highest BCUT2D eigenvalue weighted by molar-refractivity contribution is 5.94. The van der Waals surface area contributed by atoms with Gasteiger partial charge in [-0.2, -0.15) is 0 Å². The Hall–Kier alpha value is -2.18. The van der Waals surface area contributed by atoms with Crippen molar-refractivity contribution in [3.05, 3.63) is 48.0 Å². The van der Waals surface area contributed by atoms with Gasteiger partial charge < -0.3 is 20.1 Å². The first-order valence-electron chi connectivity index (χ1n) is 10.5. The third kappa shape index (κ3) is 4.09. The third-order valence-corrected chi connectivity index (χ3v) is 6.75. The number of carbonyl (C=O) groups is 2. The smallest absolute Gasteiger partial charge is 0.251 e. The Balaban J connectivity index is 1.40. The predicted octanol–water partition coefficient (Wildman–Crippen LogP) is 2.28. The van der Waals surface area contributed by atoms with Crippen LogP contribution in [0.5, 0.6) is 0 Å². The summed E-state index contributed by atoms with van der Waals surface area (Å²) in [6.45, 7) is 3.40. The molecule has 2 atom stereocenters. The topological polar surface area (TPSA) is 78.9 Å². The lowest BCUT2D eigenvalue weighted by Gasteiger charge is -2.52. The van der Waals surface area contributed by atoms with Gasteiger partial charge in [-0.15, -0.1) is 0 Å². The SMILES string of the molecule is C[C@@]1(NC(=O)c2ccccc2)CC2(CCN(C(=O)C3CC=CC3)CC2)OC[C@H]1O. The zero-order valence-electron chi connectivity index (χ0n) is 17.0. The zero-order valence-corrected chi connectivity index (χ0v) is 17.0. The van der Waals surface area contributed by atoms with Crippen LogP contribution in [0.3, 0.4) is 0 Å². The minimum atomic E-state index is -0.773. The molecule has 2 heterocycles. The highest BCUT2D eigenvalue weighted by Crippen LogP contribution is 2.40. The molecule has 4 rings (SSSR count). The zero-order chi connectivity index (χ0) is 20.5. The standard InChI is InChI=1S/C23H30N2O4/c1-22(24-20(27)17-7-3-2-4-8-17)16-23(29-15-19(22)26)11-13-25(14-12-23)21(28)18-9-5-6-10-18/h2-8,18-19,26H,9-16H2,1H3,(H,24,27)/t19-,22-/m1/s1. The number of nitrogens with one attached hydrogen (secondary N) is 1. The van der Waals surface area contributed by atoms with E-state index in [0.29, 0.717) is 25.1 Å². The highest BCUT2D eigenvalue weighted by Gasteiger charge is 2.50. The molecule has 6 nitrogen and oxygen atoms in total. The quantitative estimate of drug-likeness (QED) is 0.766. The molecule has 156 valence electrons. The maximum absolute atomic E-state index is 12.7. The molecule has 1 aromatic rings. The number of piperidine rings is 1. The van der Waals surface area contributed by atoms with E-state index in [0.717, 1.165) is 25.7 Å². The van der Waals surface area contributed by atoms with E-state index in [4.69, 9.17) is 4.74 Å². The van der Waals surface area contributed by atoms with Crippen molar-refractivity contribution in [1.82, 2.24) is 10.2 Å². The Morgan fingerprint density at radius 2 is 1.79 bits per heavy atom. The van der Waals surface area contributed by atoms with Crippen LogP contribution in [0.4, 0.5) is 0 Å². The average Bonchev–Trinajstić information content (AvgIpc) is 3.27. The molecule has 0 saturated carbocycles. The van der Waals surface area contributed by atoms with Crippen LogP contribution >= 0.6 is 0 Å². The lowest BCUT2D eigenvalue weighted by molar-refractivity contribution is -0.180. The third-order valence-electron chi connectivity index (χ3n) is 6.75. The maximum atomic E-state index is 12.7. The summed E-state index contributed by atoms with van der Waals surface area (Å²) in [5.41, 5.74) is -0.609. The van der Waals surface area contributed by atoms with Gasteiger partial charge in [0.15, 0.2) is 0 Å². The normalized spacial score (nSPS) is 29.2. The fraction of sp³-hybridized carbons (Fsp3) is 0.565. The van der Waals surface area contributed by atoms with Gasteiger partial charge in [-0.1, -0.05) is 30.4 Å². The van der Waals surface area contributed by atoms with Gasteiger partial charge in [0.05, 0.1) is 17.7 Å². The molecule has 1 spiro atoms. The highest BCUT2D eigenvalue weighted by atomic mass is 16.5. The van der Waals surface area contributed by atoms with Gasteiger partial charge in [0, 0.05) is 31.0 Å². The van der Waals surface area contributed by atoms with Crippen LogP contribution < -0.4 is 5.32 Å². The number of allylic oxidation sites excluding steroid dienone is 2. The molecule has 1 aromatic carbocycles. The summed E-state index contributed by atoms with van der Waals surface area (Å²) in [5.74, 6) is 0.139. The number of amides is 2. The van der Waals surface area contributed by atoms with Crippen LogP contribution in [0.15, 0.2) is 42.5 Å². The first kappa shape index (κ1) is 20.1. The molecule has 3 aliphatic rings. The maximum Gasteiger partial charge on any atom is 0.251 e. The first-order chi connectivity index (χ1) is 13.9. The summed E-state index contributed by atoms with van der Waals surface area (Å²) in [5, 5.41) is 13.7. The number of ether oxygens (including phenoxy) is 1. The Bertz CT molecular complexity index is 777. The van der Waals surface area contributed by atoms with Crippen LogP contribution in [0, 0.1) is 5.92 Å². The molecule has 2 amide bonds. The molecule has 2 fully saturated rings. The second-order valence-electron chi connectivity index (χ2n) is 8.89. The van der Waals surface area contributed by atoms with Gasteiger partial charge in [-0.25, -0.2) is 0 Å². The fourth-order valence-electron chi connectivity index (χ4n) is 4.86. The van der Waals surface area contributed by atoms with E-state index in [-0.39, 0.29) is 24.3 Å². The average molecular weight is 399 g/mol. The fourth-order valence-corrected chi connectivity index (χ4v) is 4.86. The number of hydrogen-bond donors (Lipinski definition) is 2. The largest absolute Gasteiger partial charge is 0.388 e. The van der Waals surface area contributed by atoms with Crippen molar-refractivity contribution in [2.75, 3.05) is 19.7 Å². The number of hydrogen-bond acceptors (Lipinski definition) is 4. The number of rotatable bonds is 3. The number of aliphatic hydroxyl groups is 1. The summed E-state index contributed by atoms with van der Waals surface area (Å²) in [7, 11) is 0. The Labute approximate surface area is 171 Å². The molecule has 2 N–H and O–H groups in total. The van der Waals surface area contributed by atoms with E-state index >= 15 is 0 Å². The molecule has 0 aromatic heterocycles. The van der Waals surface area contributed by atoms with Crippen molar-refractivity contribution in [1.29, 1.82) is 0 Å². The summed E-state index contributed by atoms with van der Waals surface area (Å²) < 4.78 is 6.10.